The van der Waals surface area contributed by atoms with Crippen molar-refractivity contribution in [3.63, 3.8) is 0 Å². The Kier molecular flexibility index (Phi) is 1.90. The van der Waals surface area contributed by atoms with Gasteiger partial charge in [0.2, 0.25) is 0 Å². The number of epoxide rings is 1. The zero-order valence-corrected chi connectivity index (χ0v) is 6.88. The van der Waals surface area contributed by atoms with Crippen LogP contribution in [0.2, 0.25) is 0 Å². The molecule has 0 spiro atoms. The molecule has 1 saturated heterocycles. The SMILES string of the molecule is OC[C@]1(C2CCCCC2)CO1. The average Bonchev–Trinajstić information content (AvgIpc) is 2.86. The highest BCUT2D eigenvalue weighted by Crippen LogP contribution is 2.42. The standard InChI is InChI=1S/C9H16O2/c10-6-9(7-11-9)8-4-2-1-3-5-8/h8,10H,1-7H2/t9-/m1/s1. The quantitative estimate of drug-likeness (QED) is 0.612. The Labute approximate surface area is 67.6 Å². The van der Waals surface area contributed by atoms with Crippen LogP contribution in [0.3, 0.4) is 0 Å². The molecule has 1 atom stereocenters. The highest BCUT2D eigenvalue weighted by atomic mass is 16.6. The summed E-state index contributed by atoms with van der Waals surface area (Å²) in [6.45, 7) is 1.03. The van der Waals surface area contributed by atoms with E-state index in [1.807, 2.05) is 0 Å². The van der Waals surface area contributed by atoms with Crippen LogP contribution < -0.4 is 0 Å². The average molecular weight is 156 g/mol. The highest BCUT2D eigenvalue weighted by molar-refractivity contribution is 4.98. The molecular formula is C9H16O2. The summed E-state index contributed by atoms with van der Waals surface area (Å²) in [6, 6.07) is 0. The van der Waals surface area contributed by atoms with E-state index in [0.29, 0.717) is 5.92 Å². The molecule has 1 aliphatic heterocycles. The van der Waals surface area contributed by atoms with Gasteiger partial charge in [0.1, 0.15) is 5.60 Å². The fraction of sp³-hybridized carbons (Fsp3) is 1.00. The molecular weight excluding hydrogens is 140 g/mol. The van der Waals surface area contributed by atoms with E-state index in [4.69, 9.17) is 9.84 Å². The molecule has 1 heterocycles. The molecule has 11 heavy (non-hydrogen) atoms. The van der Waals surface area contributed by atoms with Crippen molar-refractivity contribution in [1.29, 1.82) is 0 Å². The van der Waals surface area contributed by atoms with E-state index in [9.17, 15) is 0 Å². The second-order valence-electron chi connectivity index (χ2n) is 3.85. The Hall–Kier alpha value is -0.0800. The Morgan fingerprint density at radius 2 is 1.91 bits per heavy atom. The van der Waals surface area contributed by atoms with E-state index in [1.165, 1.54) is 32.1 Å². The van der Waals surface area contributed by atoms with Crippen LogP contribution in [0.1, 0.15) is 32.1 Å². The molecule has 64 valence electrons. The number of hydrogen-bond donors (Lipinski definition) is 1. The molecule has 2 rings (SSSR count). The molecule has 2 heteroatoms. The van der Waals surface area contributed by atoms with Crippen LogP contribution in [-0.4, -0.2) is 23.9 Å². The molecule has 0 bridgehead atoms. The van der Waals surface area contributed by atoms with Crippen molar-refractivity contribution in [3.05, 3.63) is 0 Å². The zero-order valence-electron chi connectivity index (χ0n) is 6.88. The molecule has 0 radical (unpaired) electrons. The zero-order chi connectivity index (χ0) is 7.73. The number of rotatable bonds is 2. The maximum atomic E-state index is 9.08. The summed E-state index contributed by atoms with van der Waals surface area (Å²) in [6.07, 6.45) is 6.56. The van der Waals surface area contributed by atoms with Gasteiger partial charge in [0.25, 0.3) is 0 Å². The van der Waals surface area contributed by atoms with Gasteiger partial charge in [-0.15, -0.1) is 0 Å². The molecule has 2 aliphatic rings. The third-order valence-corrected chi connectivity index (χ3v) is 3.13. The Morgan fingerprint density at radius 3 is 2.36 bits per heavy atom. The van der Waals surface area contributed by atoms with Gasteiger partial charge in [-0.05, 0) is 18.8 Å². The fourth-order valence-electron chi connectivity index (χ4n) is 2.18. The molecule has 1 N–H and O–H groups in total. The number of aliphatic hydroxyl groups is 1. The van der Waals surface area contributed by atoms with Crippen molar-refractivity contribution < 1.29 is 9.84 Å². The second kappa shape index (κ2) is 2.76. The number of hydrogen-bond acceptors (Lipinski definition) is 2. The van der Waals surface area contributed by atoms with E-state index in [1.54, 1.807) is 0 Å². The lowest BCUT2D eigenvalue weighted by Crippen LogP contribution is -2.30. The summed E-state index contributed by atoms with van der Waals surface area (Å²) in [5, 5.41) is 9.08. The van der Waals surface area contributed by atoms with Crippen LogP contribution in [-0.2, 0) is 4.74 Å². The first-order valence-corrected chi connectivity index (χ1v) is 4.62. The maximum Gasteiger partial charge on any atom is 0.117 e. The summed E-state index contributed by atoms with van der Waals surface area (Å²) >= 11 is 0. The first-order chi connectivity index (χ1) is 5.37. The van der Waals surface area contributed by atoms with E-state index < -0.39 is 0 Å². The molecule has 1 aliphatic carbocycles. The monoisotopic (exact) mass is 156 g/mol. The van der Waals surface area contributed by atoms with Crippen LogP contribution in [0.4, 0.5) is 0 Å². The van der Waals surface area contributed by atoms with Crippen molar-refractivity contribution in [3.8, 4) is 0 Å². The largest absolute Gasteiger partial charge is 0.393 e. The lowest BCUT2D eigenvalue weighted by atomic mass is 9.80. The minimum Gasteiger partial charge on any atom is -0.393 e. The molecule has 0 aromatic rings. The van der Waals surface area contributed by atoms with E-state index in [2.05, 4.69) is 0 Å². The minimum absolute atomic E-state index is 0.0829. The van der Waals surface area contributed by atoms with Crippen LogP contribution in [0.15, 0.2) is 0 Å². The first-order valence-electron chi connectivity index (χ1n) is 4.62. The van der Waals surface area contributed by atoms with Gasteiger partial charge < -0.3 is 9.84 Å². The van der Waals surface area contributed by atoms with E-state index >= 15 is 0 Å². The van der Waals surface area contributed by atoms with Gasteiger partial charge in [-0.3, -0.25) is 0 Å². The molecule has 0 aromatic carbocycles. The molecule has 0 unspecified atom stereocenters. The van der Waals surface area contributed by atoms with Crippen molar-refractivity contribution in [2.24, 2.45) is 5.92 Å². The predicted octanol–water partition coefficient (Wildman–Crippen LogP) is 1.33. The van der Waals surface area contributed by atoms with Crippen LogP contribution >= 0.6 is 0 Å². The molecule has 0 amide bonds. The first kappa shape index (κ1) is 7.56. The van der Waals surface area contributed by atoms with E-state index in [0.717, 1.165) is 6.61 Å². The lowest BCUT2D eigenvalue weighted by molar-refractivity contribution is 0.100. The summed E-state index contributed by atoms with van der Waals surface area (Å²) in [7, 11) is 0. The predicted molar refractivity (Wildman–Crippen MR) is 42.3 cm³/mol. The summed E-state index contributed by atoms with van der Waals surface area (Å²) in [5.74, 6) is 0.654. The third kappa shape index (κ3) is 1.30. The fourth-order valence-corrected chi connectivity index (χ4v) is 2.18. The molecule has 1 saturated carbocycles. The second-order valence-corrected chi connectivity index (χ2v) is 3.85. The summed E-state index contributed by atoms with van der Waals surface area (Å²) < 4.78 is 5.33. The molecule has 0 aromatic heterocycles. The normalized spacial score (nSPS) is 39.0. The third-order valence-electron chi connectivity index (χ3n) is 3.13. The van der Waals surface area contributed by atoms with Gasteiger partial charge in [-0.25, -0.2) is 0 Å². The van der Waals surface area contributed by atoms with Gasteiger partial charge in [0, 0.05) is 0 Å². The summed E-state index contributed by atoms with van der Waals surface area (Å²) in [5.41, 5.74) is -0.0829. The molecule has 2 nitrogen and oxygen atoms in total. The maximum absolute atomic E-state index is 9.08. The number of ether oxygens (including phenoxy) is 1. The smallest absolute Gasteiger partial charge is 0.117 e. The van der Waals surface area contributed by atoms with Crippen molar-refractivity contribution in [2.75, 3.05) is 13.2 Å². The summed E-state index contributed by atoms with van der Waals surface area (Å²) in [4.78, 5) is 0. The minimum atomic E-state index is -0.0829. The van der Waals surface area contributed by atoms with Gasteiger partial charge in [-0.2, -0.15) is 0 Å². The van der Waals surface area contributed by atoms with Crippen molar-refractivity contribution in [1.82, 2.24) is 0 Å². The van der Waals surface area contributed by atoms with Crippen LogP contribution in [0.5, 0.6) is 0 Å². The van der Waals surface area contributed by atoms with Crippen molar-refractivity contribution in [2.45, 2.75) is 37.7 Å². The van der Waals surface area contributed by atoms with Crippen LogP contribution in [0, 0.1) is 5.92 Å². The van der Waals surface area contributed by atoms with Crippen molar-refractivity contribution >= 4 is 0 Å². The van der Waals surface area contributed by atoms with Gasteiger partial charge in [0.05, 0.1) is 13.2 Å². The molecule has 2 fully saturated rings. The van der Waals surface area contributed by atoms with Gasteiger partial charge >= 0.3 is 0 Å². The van der Waals surface area contributed by atoms with Crippen LogP contribution in [0.25, 0.3) is 0 Å². The van der Waals surface area contributed by atoms with Gasteiger partial charge in [0.15, 0.2) is 0 Å². The number of aliphatic hydroxyl groups excluding tert-OH is 1. The Bertz CT molecular complexity index is 134. The topological polar surface area (TPSA) is 32.8 Å². The van der Waals surface area contributed by atoms with Gasteiger partial charge in [-0.1, -0.05) is 19.3 Å². The Balaban J connectivity index is 1.92. The Morgan fingerprint density at radius 1 is 1.27 bits per heavy atom. The van der Waals surface area contributed by atoms with E-state index in [-0.39, 0.29) is 12.2 Å². The lowest BCUT2D eigenvalue weighted by Gasteiger charge is -2.26. The highest BCUT2D eigenvalue weighted by Gasteiger charge is 2.50.